The maximum atomic E-state index is 16.2. The Balaban J connectivity index is 1.54. The van der Waals surface area contributed by atoms with E-state index in [-0.39, 0.29) is 57.5 Å². The van der Waals surface area contributed by atoms with Crippen LogP contribution in [0.1, 0.15) is 42.2 Å². The SMILES string of the molecule is CC1(C)COC2=C(C1)Nc1c(O)cccc1N(C(=O)c1ccccc1F)C2c1ccc(Oc2ccc(F)cc2Br)cc1F. The van der Waals surface area contributed by atoms with Crippen molar-refractivity contribution in [1.82, 2.24) is 0 Å². The van der Waals surface area contributed by atoms with Gasteiger partial charge in [-0.2, -0.15) is 0 Å². The predicted molar refractivity (Wildman–Crippen MR) is 160 cm³/mol. The van der Waals surface area contributed by atoms with E-state index < -0.39 is 29.4 Å². The highest BCUT2D eigenvalue weighted by molar-refractivity contribution is 9.10. The van der Waals surface area contributed by atoms with Crippen molar-refractivity contribution in [2.24, 2.45) is 5.41 Å². The number of phenolic OH excluding ortho intramolecular Hbond substituents is 1. The molecule has 0 fully saturated rings. The number of carbonyl (C=O) groups excluding carboxylic acids is 1. The number of nitrogens with one attached hydrogen (secondary N) is 1. The van der Waals surface area contributed by atoms with Gasteiger partial charge in [0.25, 0.3) is 5.91 Å². The van der Waals surface area contributed by atoms with E-state index in [9.17, 15) is 14.3 Å². The summed E-state index contributed by atoms with van der Waals surface area (Å²) in [6.45, 7) is 4.29. The lowest BCUT2D eigenvalue weighted by molar-refractivity contribution is 0.0756. The van der Waals surface area contributed by atoms with Crippen molar-refractivity contribution in [3.8, 4) is 17.2 Å². The summed E-state index contributed by atoms with van der Waals surface area (Å²) in [6, 6.07) is 17.0. The zero-order chi connectivity index (χ0) is 30.5. The second-order valence-corrected chi connectivity index (χ2v) is 12.0. The molecule has 1 atom stereocenters. The van der Waals surface area contributed by atoms with E-state index in [0.29, 0.717) is 16.6 Å². The van der Waals surface area contributed by atoms with Crippen molar-refractivity contribution in [2.75, 3.05) is 16.8 Å². The molecule has 0 saturated heterocycles. The number of para-hydroxylation sites is 1. The van der Waals surface area contributed by atoms with E-state index in [4.69, 9.17) is 9.47 Å². The van der Waals surface area contributed by atoms with Gasteiger partial charge in [-0.3, -0.25) is 9.69 Å². The second-order valence-electron chi connectivity index (χ2n) is 11.2. The number of ether oxygens (including phenoxy) is 2. The van der Waals surface area contributed by atoms with E-state index >= 15 is 8.78 Å². The van der Waals surface area contributed by atoms with Crippen LogP contribution < -0.4 is 15.0 Å². The minimum absolute atomic E-state index is 0.0559. The molecule has 0 radical (unpaired) electrons. The fourth-order valence-corrected chi connectivity index (χ4v) is 5.77. The molecule has 4 aromatic carbocycles. The first kappa shape index (κ1) is 28.7. The molecule has 2 aliphatic rings. The average Bonchev–Trinajstić information content (AvgIpc) is 3.09. The Morgan fingerprint density at radius 3 is 2.56 bits per heavy atom. The normalized spacial score (nSPS) is 17.3. The standard InChI is InChI=1S/C33H26BrF3N2O4/c1-33(2)16-25-31(42-17-33)30(20-12-11-19(15-24(20)37)43-28-13-10-18(35)14-22(28)34)39(26-8-5-9-27(40)29(26)38-25)32(41)21-6-3-4-7-23(21)36/h3-15,30,38,40H,16-17H2,1-2H3. The number of benzene rings is 4. The summed E-state index contributed by atoms with van der Waals surface area (Å²) in [7, 11) is 0. The van der Waals surface area contributed by atoms with Crippen molar-refractivity contribution >= 4 is 33.2 Å². The van der Waals surface area contributed by atoms with Crippen molar-refractivity contribution in [2.45, 2.75) is 26.3 Å². The summed E-state index contributed by atoms with van der Waals surface area (Å²) >= 11 is 3.25. The van der Waals surface area contributed by atoms with Gasteiger partial charge in [-0.1, -0.05) is 32.0 Å². The molecule has 0 aromatic heterocycles. The Bertz CT molecular complexity index is 1790. The Kier molecular flexibility index (Phi) is 7.33. The van der Waals surface area contributed by atoms with Crippen molar-refractivity contribution in [3.63, 3.8) is 0 Å². The smallest absolute Gasteiger partial charge is 0.262 e. The van der Waals surface area contributed by atoms with E-state index in [2.05, 4.69) is 21.2 Å². The maximum absolute atomic E-state index is 16.2. The van der Waals surface area contributed by atoms with Gasteiger partial charge < -0.3 is 19.9 Å². The molecule has 4 aromatic rings. The van der Waals surface area contributed by atoms with Crippen molar-refractivity contribution in [3.05, 3.63) is 123 Å². The van der Waals surface area contributed by atoms with Gasteiger partial charge in [0.1, 0.15) is 52.2 Å². The van der Waals surface area contributed by atoms with Crippen LogP contribution in [0.15, 0.2) is 94.8 Å². The van der Waals surface area contributed by atoms with E-state index in [1.807, 2.05) is 13.8 Å². The number of phenols is 1. The zero-order valence-corrected chi connectivity index (χ0v) is 24.7. The number of amides is 1. The first-order chi connectivity index (χ1) is 20.5. The third kappa shape index (κ3) is 5.43. The van der Waals surface area contributed by atoms with Crippen LogP contribution in [0, 0.1) is 22.9 Å². The quantitative estimate of drug-likeness (QED) is 0.216. The fourth-order valence-electron chi connectivity index (χ4n) is 5.34. The highest BCUT2D eigenvalue weighted by atomic mass is 79.9. The van der Waals surface area contributed by atoms with Crippen molar-refractivity contribution < 1.29 is 32.5 Å². The van der Waals surface area contributed by atoms with Crippen LogP contribution in [-0.2, 0) is 4.74 Å². The van der Waals surface area contributed by atoms with Crippen LogP contribution in [0.3, 0.4) is 0 Å². The number of rotatable bonds is 4. The summed E-state index contributed by atoms with van der Waals surface area (Å²) in [6.07, 6.45) is 0.468. The van der Waals surface area contributed by atoms with Crippen LogP contribution in [0.4, 0.5) is 24.5 Å². The molecular weight excluding hydrogens is 625 g/mol. The molecule has 43 heavy (non-hydrogen) atoms. The van der Waals surface area contributed by atoms with Crippen LogP contribution in [0.25, 0.3) is 0 Å². The van der Waals surface area contributed by atoms with Gasteiger partial charge in [-0.05, 0) is 76.9 Å². The molecular formula is C33H26BrF3N2O4. The third-order valence-corrected chi connectivity index (χ3v) is 7.96. The summed E-state index contributed by atoms with van der Waals surface area (Å²) in [5.41, 5.74) is 0.491. The van der Waals surface area contributed by atoms with Gasteiger partial charge in [0, 0.05) is 17.0 Å². The van der Waals surface area contributed by atoms with Gasteiger partial charge in [-0.25, -0.2) is 13.2 Å². The van der Waals surface area contributed by atoms with Gasteiger partial charge >= 0.3 is 0 Å². The molecule has 0 saturated carbocycles. The predicted octanol–water partition coefficient (Wildman–Crippen LogP) is 8.84. The molecule has 10 heteroatoms. The number of fused-ring (bicyclic) bond motifs is 1. The molecule has 0 aliphatic carbocycles. The number of nitrogens with zero attached hydrogens (tertiary/aromatic N) is 1. The average molecular weight is 651 g/mol. The maximum Gasteiger partial charge on any atom is 0.262 e. The van der Waals surface area contributed by atoms with Crippen LogP contribution in [0.2, 0.25) is 0 Å². The molecule has 0 bridgehead atoms. The molecule has 2 aliphatic heterocycles. The molecule has 220 valence electrons. The molecule has 2 N–H and O–H groups in total. The molecule has 6 nitrogen and oxygen atoms in total. The summed E-state index contributed by atoms with van der Waals surface area (Å²) in [5.74, 6) is -2.17. The Morgan fingerprint density at radius 1 is 1.02 bits per heavy atom. The lowest BCUT2D eigenvalue weighted by Gasteiger charge is -2.38. The minimum Gasteiger partial charge on any atom is -0.506 e. The van der Waals surface area contributed by atoms with Crippen LogP contribution in [0.5, 0.6) is 17.2 Å². The van der Waals surface area contributed by atoms with Gasteiger partial charge in [0.2, 0.25) is 0 Å². The Morgan fingerprint density at radius 2 is 1.81 bits per heavy atom. The highest BCUT2D eigenvalue weighted by Crippen LogP contribution is 2.50. The topological polar surface area (TPSA) is 71.0 Å². The molecule has 0 spiro atoms. The summed E-state index contributed by atoms with van der Waals surface area (Å²) in [4.78, 5) is 15.5. The van der Waals surface area contributed by atoms with Crippen molar-refractivity contribution in [1.29, 1.82) is 0 Å². The zero-order valence-electron chi connectivity index (χ0n) is 23.1. The molecule has 1 unspecified atom stereocenters. The number of anilines is 2. The monoisotopic (exact) mass is 650 g/mol. The Hall–Kier alpha value is -4.44. The second kappa shape index (κ2) is 11.0. The molecule has 6 rings (SSSR count). The van der Waals surface area contributed by atoms with E-state index in [1.165, 1.54) is 65.6 Å². The lowest BCUT2D eigenvalue weighted by atomic mass is 9.85. The van der Waals surface area contributed by atoms with E-state index in [1.54, 1.807) is 12.1 Å². The number of hydrogen-bond donors (Lipinski definition) is 2. The first-order valence-electron chi connectivity index (χ1n) is 13.5. The highest BCUT2D eigenvalue weighted by Gasteiger charge is 2.43. The first-order valence-corrected chi connectivity index (χ1v) is 14.3. The number of halogens is 4. The largest absolute Gasteiger partial charge is 0.506 e. The third-order valence-electron chi connectivity index (χ3n) is 7.34. The molecule has 2 heterocycles. The van der Waals surface area contributed by atoms with Gasteiger partial charge in [-0.15, -0.1) is 0 Å². The number of carbonyl (C=O) groups is 1. The number of allylic oxidation sites excluding steroid dienone is 1. The molecule has 1 amide bonds. The summed E-state index contributed by atoms with van der Waals surface area (Å²) in [5, 5.41) is 14.1. The summed E-state index contributed by atoms with van der Waals surface area (Å²) < 4.78 is 57.2. The van der Waals surface area contributed by atoms with E-state index in [0.717, 1.165) is 6.07 Å². The van der Waals surface area contributed by atoms with Gasteiger partial charge in [0.15, 0.2) is 0 Å². The van der Waals surface area contributed by atoms with Gasteiger partial charge in [0.05, 0.1) is 28.0 Å². The number of aromatic hydroxyl groups is 1. The van der Waals surface area contributed by atoms with Crippen LogP contribution in [-0.4, -0.2) is 17.6 Å². The minimum atomic E-state index is -1.18. The number of hydrogen-bond acceptors (Lipinski definition) is 5. The van der Waals surface area contributed by atoms with Crippen LogP contribution >= 0.6 is 15.9 Å². The Labute approximate surface area is 254 Å². The fraction of sp³-hybridized carbons (Fsp3) is 0.182. The lowest BCUT2D eigenvalue weighted by Crippen LogP contribution is -2.39.